The smallest absolute Gasteiger partial charge is 0.497 e. The van der Waals surface area contributed by atoms with Crippen molar-refractivity contribution >= 4 is 49.0 Å². The summed E-state index contributed by atoms with van der Waals surface area (Å²) in [5.74, 6) is 1.51. The number of methoxy groups -OCH3 is 2. The van der Waals surface area contributed by atoms with Gasteiger partial charge in [-0.1, -0.05) is 39.5 Å². The second-order valence-electron chi connectivity index (χ2n) is 10.1. The minimum Gasteiger partial charge on any atom is -0.497 e. The van der Waals surface area contributed by atoms with Gasteiger partial charge in [0.2, 0.25) is 0 Å². The molecule has 3 aromatic carbocycles. The number of rotatable bonds is 9. The van der Waals surface area contributed by atoms with Gasteiger partial charge in [-0.3, -0.25) is 4.79 Å². The first-order valence-electron chi connectivity index (χ1n) is 15.9. The van der Waals surface area contributed by atoms with E-state index >= 15 is 0 Å². The van der Waals surface area contributed by atoms with Crippen LogP contribution in [0.25, 0.3) is 11.4 Å². The number of hydrogen-bond acceptors (Lipinski definition) is 8. The second kappa shape index (κ2) is 19.6. The number of amides is 1. The van der Waals surface area contributed by atoms with Gasteiger partial charge in [-0.15, -0.1) is 0 Å². The number of halogens is 4. The molecule has 49 heavy (non-hydrogen) atoms. The third-order valence-electron chi connectivity index (χ3n) is 6.89. The summed E-state index contributed by atoms with van der Waals surface area (Å²) in [4.78, 5) is 24.1. The molecule has 0 unspecified atom stereocenters. The Morgan fingerprint density at radius 3 is 2.10 bits per heavy atom. The van der Waals surface area contributed by atoms with Gasteiger partial charge in [0.15, 0.2) is 5.82 Å². The fraction of sp³-hybridized carbons (Fsp3) is 0.343. The SMILES string of the molecule is CC.CC.COc1ccc(CN2Cc3nc(-c4c(F)cccc4F)nc(Nc4ccc(OC5COC5)cc4)c3C2=O)c(OC)c1.[CH3][Al]([F])[I]. The number of ether oxygens (including phenoxy) is 4. The highest BCUT2D eigenvalue weighted by atomic mass is 127. The highest BCUT2D eigenvalue weighted by Crippen LogP contribution is 2.35. The lowest BCUT2D eigenvalue weighted by molar-refractivity contribution is -0.0796. The van der Waals surface area contributed by atoms with Crippen molar-refractivity contribution in [2.24, 2.45) is 0 Å². The summed E-state index contributed by atoms with van der Waals surface area (Å²) >= 11 is 0.147. The Kier molecular flexibility index (Phi) is 15.9. The molecular formula is C35H41AlF3IN4O5. The lowest BCUT2D eigenvalue weighted by Gasteiger charge is -2.26. The van der Waals surface area contributed by atoms with E-state index in [-0.39, 0.29) is 47.9 Å². The molecule has 1 N–H and O–H groups in total. The maximum Gasteiger partial charge on any atom is 0.594 e. The van der Waals surface area contributed by atoms with Crippen LogP contribution in [0.3, 0.4) is 0 Å². The molecule has 1 amide bonds. The lowest BCUT2D eigenvalue weighted by Crippen LogP contribution is -2.38. The molecule has 9 nitrogen and oxygen atoms in total. The third-order valence-corrected chi connectivity index (χ3v) is 6.89. The van der Waals surface area contributed by atoms with E-state index in [1.165, 1.54) is 13.2 Å². The van der Waals surface area contributed by atoms with Gasteiger partial charge < -0.3 is 32.7 Å². The lowest BCUT2D eigenvalue weighted by atomic mass is 10.1. The van der Waals surface area contributed by atoms with Crippen molar-refractivity contribution in [2.45, 2.75) is 52.7 Å². The van der Waals surface area contributed by atoms with Crippen LogP contribution in [0.4, 0.5) is 23.8 Å². The van der Waals surface area contributed by atoms with Gasteiger partial charge in [-0.25, -0.2) is 18.7 Å². The molecule has 262 valence electrons. The van der Waals surface area contributed by atoms with E-state index in [1.807, 2.05) is 54.0 Å². The molecule has 0 saturated carbocycles. The number of nitrogens with one attached hydrogen (secondary N) is 1. The molecular weight excluding hydrogens is 767 g/mol. The van der Waals surface area contributed by atoms with Gasteiger partial charge in [-0.2, -0.15) is 20.3 Å². The molecule has 3 heterocycles. The Hall–Kier alpha value is -3.58. The number of carbonyl (C=O) groups is 1. The van der Waals surface area contributed by atoms with E-state index in [1.54, 1.807) is 54.2 Å². The normalized spacial score (nSPS) is 12.9. The van der Waals surface area contributed by atoms with E-state index in [4.69, 9.17) is 18.9 Å². The van der Waals surface area contributed by atoms with Crippen molar-refractivity contribution in [1.82, 2.24) is 14.9 Å². The van der Waals surface area contributed by atoms with Crippen molar-refractivity contribution in [3.05, 3.63) is 89.1 Å². The van der Waals surface area contributed by atoms with Crippen LogP contribution in [0.15, 0.2) is 60.7 Å². The average molecular weight is 809 g/mol. The molecule has 1 fully saturated rings. The van der Waals surface area contributed by atoms with Gasteiger partial charge in [0.1, 0.15) is 46.4 Å². The van der Waals surface area contributed by atoms with Crippen molar-refractivity contribution in [3.63, 3.8) is 0 Å². The van der Waals surface area contributed by atoms with Crippen LogP contribution >= 0.6 is 20.3 Å². The topological polar surface area (TPSA) is 95.0 Å². The highest BCUT2D eigenvalue weighted by molar-refractivity contribution is 14.1. The first-order valence-corrected chi connectivity index (χ1v) is 21.7. The molecule has 0 spiro atoms. The molecule has 0 bridgehead atoms. The molecule has 0 aliphatic carbocycles. The average Bonchev–Trinajstić information content (AvgIpc) is 3.39. The number of aromatic nitrogens is 2. The second-order valence-corrected chi connectivity index (χ2v) is 16.3. The number of nitrogens with zero attached hydrogens (tertiary/aromatic N) is 3. The standard InChI is InChI=1S/C30H26F2N4O5.2C2H6.CH3.Al.FH.HI/c1-38-20-9-6-17(25(12-20)39-2)13-36-14-24-27(30(36)37)29(35-28(34-24)26-22(31)4-3-5-23(26)32)33-18-7-10-19(11-8-18)41-21-15-40-16-21;2*1-2;;;;/h3-12,21H,13-16H2,1-2H3,(H,33,34,35);2*1-2H3;1H3;;2*1H/q;;;;+2;;/p-2. The van der Waals surface area contributed by atoms with Crippen LogP contribution in [0.1, 0.15) is 49.3 Å². The number of anilines is 2. The largest absolute Gasteiger partial charge is 0.594 e. The third kappa shape index (κ3) is 10.5. The maximum absolute atomic E-state index is 14.8. The van der Waals surface area contributed by atoms with Crippen LogP contribution < -0.4 is 19.5 Å². The molecule has 2 aliphatic heterocycles. The van der Waals surface area contributed by atoms with Crippen LogP contribution in [0.5, 0.6) is 17.2 Å². The molecule has 1 aromatic heterocycles. The summed E-state index contributed by atoms with van der Waals surface area (Å²) in [5.41, 5.74) is 1.57. The zero-order valence-corrected chi connectivity index (χ0v) is 32.0. The van der Waals surface area contributed by atoms with E-state index in [0.717, 1.165) is 17.7 Å². The van der Waals surface area contributed by atoms with E-state index in [0.29, 0.717) is 41.8 Å². The zero-order chi connectivity index (χ0) is 36.1. The molecule has 14 heteroatoms. The van der Waals surface area contributed by atoms with Crippen molar-refractivity contribution in [2.75, 3.05) is 32.8 Å². The minimum absolute atomic E-state index is 0.0186. The Balaban J connectivity index is 0.000000747. The van der Waals surface area contributed by atoms with E-state index in [2.05, 4.69) is 15.3 Å². The van der Waals surface area contributed by atoms with Crippen LogP contribution in [0.2, 0.25) is 5.79 Å². The highest BCUT2D eigenvalue weighted by Gasteiger charge is 2.34. The first kappa shape index (κ1) is 39.9. The Morgan fingerprint density at radius 1 is 0.939 bits per heavy atom. The number of benzene rings is 3. The molecule has 0 atom stereocenters. The molecule has 1 saturated heterocycles. The van der Waals surface area contributed by atoms with Crippen molar-refractivity contribution < 1.29 is 36.0 Å². The first-order chi connectivity index (χ1) is 23.7. The summed E-state index contributed by atoms with van der Waals surface area (Å²) in [6, 6.07) is 16.0. The number of carbonyl (C=O) groups excluding carboxylic acids is 1. The van der Waals surface area contributed by atoms with Crippen LogP contribution in [-0.2, 0) is 17.8 Å². The molecule has 6 rings (SSSR count). The minimum atomic E-state index is -1.67. The molecule has 2 aliphatic rings. The van der Waals surface area contributed by atoms with Crippen molar-refractivity contribution in [3.8, 4) is 28.6 Å². The summed E-state index contributed by atoms with van der Waals surface area (Å²) in [6.07, 6.45) is 0.0186. The predicted octanol–water partition coefficient (Wildman–Crippen LogP) is 8.68. The predicted molar refractivity (Wildman–Crippen MR) is 195 cm³/mol. The Bertz CT molecular complexity index is 1660. The van der Waals surface area contributed by atoms with E-state index in [9.17, 15) is 17.1 Å². The van der Waals surface area contributed by atoms with Gasteiger partial charge >= 0.3 is 11.3 Å². The maximum atomic E-state index is 14.8. The summed E-state index contributed by atoms with van der Waals surface area (Å²) < 4.78 is 62.4. The zero-order valence-electron chi connectivity index (χ0n) is 28.7. The van der Waals surface area contributed by atoms with Crippen LogP contribution in [0, 0.1) is 11.6 Å². The van der Waals surface area contributed by atoms with Gasteiger partial charge in [0.05, 0.1) is 51.8 Å². The van der Waals surface area contributed by atoms with Gasteiger partial charge in [-0.05, 0) is 48.5 Å². The van der Waals surface area contributed by atoms with E-state index < -0.39 is 23.0 Å². The monoisotopic (exact) mass is 808 g/mol. The molecule has 4 aromatic rings. The van der Waals surface area contributed by atoms with Crippen molar-refractivity contribution in [1.29, 1.82) is 0 Å². The summed E-state index contributed by atoms with van der Waals surface area (Å²) in [5, 5.41) is 3.15. The Labute approximate surface area is 301 Å². The quantitative estimate of drug-likeness (QED) is 0.133. The fourth-order valence-electron chi connectivity index (χ4n) is 4.71. The molecule has 0 radical (unpaired) electrons. The summed E-state index contributed by atoms with van der Waals surface area (Å²) in [6.45, 7) is 9.41. The van der Waals surface area contributed by atoms with Crippen LogP contribution in [-0.4, -0.2) is 65.6 Å². The van der Waals surface area contributed by atoms with Gasteiger partial charge in [0.25, 0.3) is 5.91 Å². The van der Waals surface area contributed by atoms with Gasteiger partial charge in [0, 0.05) is 17.3 Å². The Morgan fingerprint density at radius 2 is 1.55 bits per heavy atom. The number of fused-ring (bicyclic) bond motifs is 1. The number of hydrogen-bond donors (Lipinski definition) is 1. The fourth-order valence-corrected chi connectivity index (χ4v) is 4.71. The summed E-state index contributed by atoms with van der Waals surface area (Å²) in [7, 11) is 3.10.